The third-order valence-corrected chi connectivity index (χ3v) is 2.41. The maximum absolute atomic E-state index is 10.6. The van der Waals surface area contributed by atoms with Gasteiger partial charge in [0, 0.05) is 26.1 Å². The van der Waals surface area contributed by atoms with Crippen molar-refractivity contribution in [3.05, 3.63) is 0 Å². The maximum atomic E-state index is 10.6. The summed E-state index contributed by atoms with van der Waals surface area (Å²) in [7, 11) is 0. The number of nitrogens with one attached hydrogen (secondary N) is 1. The van der Waals surface area contributed by atoms with Crippen LogP contribution in [0.5, 0.6) is 0 Å². The lowest BCUT2D eigenvalue weighted by Gasteiger charge is -2.19. The summed E-state index contributed by atoms with van der Waals surface area (Å²) in [5, 5.41) is 2.74. The molecule has 2 amide bonds. The second-order valence-electron chi connectivity index (χ2n) is 3.41. The summed E-state index contributed by atoms with van der Waals surface area (Å²) < 4.78 is 0. The Morgan fingerprint density at radius 2 is 2.46 bits per heavy atom. The molecular weight excluding hydrogens is 168 g/mol. The molecule has 0 aromatic carbocycles. The summed E-state index contributed by atoms with van der Waals surface area (Å²) in [5.74, 6) is -0.00403. The van der Waals surface area contributed by atoms with Gasteiger partial charge in [-0.1, -0.05) is 0 Å². The van der Waals surface area contributed by atoms with Crippen LogP contribution in [0, 0.1) is 0 Å². The van der Waals surface area contributed by atoms with Gasteiger partial charge in [-0.25, -0.2) is 0 Å². The molecule has 4 nitrogen and oxygen atoms in total. The van der Waals surface area contributed by atoms with E-state index < -0.39 is 0 Å². The number of rotatable bonds is 4. The molecule has 0 aliphatic carbocycles. The number of likely N-dealkylation sites (tertiary alicyclic amines) is 1. The third-order valence-electron chi connectivity index (χ3n) is 2.41. The highest BCUT2D eigenvalue weighted by Gasteiger charge is 2.21. The van der Waals surface area contributed by atoms with E-state index in [-0.39, 0.29) is 5.91 Å². The average molecular weight is 184 g/mol. The van der Waals surface area contributed by atoms with Crippen molar-refractivity contribution in [1.29, 1.82) is 0 Å². The number of nitrogens with zero attached hydrogens (tertiary/aromatic N) is 1. The van der Waals surface area contributed by atoms with Crippen LogP contribution in [0.4, 0.5) is 0 Å². The van der Waals surface area contributed by atoms with E-state index in [1.165, 1.54) is 6.92 Å². The zero-order chi connectivity index (χ0) is 9.68. The molecule has 0 radical (unpaired) electrons. The second-order valence-corrected chi connectivity index (χ2v) is 3.41. The molecule has 4 heteroatoms. The molecule has 1 rings (SSSR count). The van der Waals surface area contributed by atoms with Crippen molar-refractivity contribution in [2.75, 3.05) is 13.1 Å². The first-order valence-electron chi connectivity index (χ1n) is 4.69. The Labute approximate surface area is 78.3 Å². The van der Waals surface area contributed by atoms with E-state index in [1.807, 2.05) is 4.90 Å². The van der Waals surface area contributed by atoms with Crippen molar-refractivity contribution in [2.45, 2.75) is 32.2 Å². The Morgan fingerprint density at radius 1 is 1.69 bits per heavy atom. The molecule has 1 atom stereocenters. The van der Waals surface area contributed by atoms with E-state index in [4.69, 9.17) is 0 Å². The lowest BCUT2D eigenvalue weighted by atomic mass is 10.1. The predicted molar refractivity (Wildman–Crippen MR) is 49.1 cm³/mol. The van der Waals surface area contributed by atoms with Crippen LogP contribution in [0.3, 0.4) is 0 Å². The molecule has 0 spiro atoms. The van der Waals surface area contributed by atoms with Gasteiger partial charge in [0.05, 0.1) is 0 Å². The van der Waals surface area contributed by atoms with Gasteiger partial charge in [0.15, 0.2) is 0 Å². The summed E-state index contributed by atoms with van der Waals surface area (Å²) in [6.07, 6.45) is 3.94. The lowest BCUT2D eigenvalue weighted by molar-refractivity contribution is -0.119. The standard InChI is InChI=1S/C9H16N2O2/c1-8(13)10-5-4-9-3-2-6-11(9)7-12/h7,9H,2-6H2,1H3,(H,10,13). The van der Waals surface area contributed by atoms with Gasteiger partial charge in [-0.05, 0) is 19.3 Å². The molecule has 1 heterocycles. The minimum Gasteiger partial charge on any atom is -0.356 e. The Balaban J connectivity index is 2.20. The van der Waals surface area contributed by atoms with Crippen molar-refractivity contribution in [1.82, 2.24) is 10.2 Å². The van der Waals surface area contributed by atoms with Crippen molar-refractivity contribution >= 4 is 12.3 Å². The summed E-state index contributed by atoms with van der Waals surface area (Å²) in [5.41, 5.74) is 0. The summed E-state index contributed by atoms with van der Waals surface area (Å²) in [6, 6.07) is 0.337. The fourth-order valence-corrected chi connectivity index (χ4v) is 1.72. The van der Waals surface area contributed by atoms with Gasteiger partial charge >= 0.3 is 0 Å². The Bertz CT molecular complexity index is 194. The van der Waals surface area contributed by atoms with E-state index in [2.05, 4.69) is 5.32 Å². The molecule has 1 N–H and O–H groups in total. The predicted octanol–water partition coefficient (Wildman–Crippen LogP) is 0.133. The normalized spacial score (nSPS) is 21.6. The summed E-state index contributed by atoms with van der Waals surface area (Å²) >= 11 is 0. The Morgan fingerprint density at radius 3 is 3.08 bits per heavy atom. The minimum atomic E-state index is -0.00403. The molecule has 1 saturated heterocycles. The first-order valence-corrected chi connectivity index (χ1v) is 4.69. The van der Waals surface area contributed by atoms with Crippen LogP contribution >= 0.6 is 0 Å². The number of hydrogen-bond donors (Lipinski definition) is 1. The molecule has 0 aromatic rings. The molecule has 0 saturated carbocycles. The van der Waals surface area contributed by atoms with Crippen LogP contribution in [0.15, 0.2) is 0 Å². The van der Waals surface area contributed by atoms with Gasteiger partial charge in [-0.3, -0.25) is 9.59 Å². The first-order chi connectivity index (χ1) is 6.24. The summed E-state index contributed by atoms with van der Waals surface area (Å²) in [4.78, 5) is 22.9. The monoisotopic (exact) mass is 184 g/mol. The molecule has 1 aliphatic heterocycles. The zero-order valence-electron chi connectivity index (χ0n) is 7.95. The van der Waals surface area contributed by atoms with E-state index >= 15 is 0 Å². The topological polar surface area (TPSA) is 49.4 Å². The highest BCUT2D eigenvalue weighted by Crippen LogP contribution is 2.17. The van der Waals surface area contributed by atoms with E-state index in [0.29, 0.717) is 12.6 Å². The molecule has 0 aromatic heterocycles. The lowest BCUT2D eigenvalue weighted by Crippen LogP contribution is -2.32. The van der Waals surface area contributed by atoms with E-state index in [9.17, 15) is 9.59 Å². The van der Waals surface area contributed by atoms with Gasteiger partial charge < -0.3 is 10.2 Å². The van der Waals surface area contributed by atoms with Crippen LogP contribution in [0.2, 0.25) is 0 Å². The number of carbonyl (C=O) groups excluding carboxylic acids is 2. The van der Waals surface area contributed by atoms with E-state index in [1.54, 1.807) is 0 Å². The molecule has 1 aliphatic rings. The molecular formula is C9H16N2O2. The van der Waals surface area contributed by atoms with Crippen LogP contribution < -0.4 is 5.32 Å². The van der Waals surface area contributed by atoms with Crippen molar-refractivity contribution in [3.8, 4) is 0 Å². The van der Waals surface area contributed by atoms with Gasteiger partial charge in [-0.15, -0.1) is 0 Å². The zero-order valence-corrected chi connectivity index (χ0v) is 7.95. The average Bonchev–Trinajstić information content (AvgIpc) is 2.51. The van der Waals surface area contributed by atoms with Crippen LogP contribution in [-0.2, 0) is 9.59 Å². The van der Waals surface area contributed by atoms with E-state index in [0.717, 1.165) is 32.2 Å². The number of hydrogen-bond acceptors (Lipinski definition) is 2. The third kappa shape index (κ3) is 3.05. The van der Waals surface area contributed by atoms with Crippen molar-refractivity contribution < 1.29 is 9.59 Å². The first kappa shape index (κ1) is 10.0. The molecule has 13 heavy (non-hydrogen) atoms. The van der Waals surface area contributed by atoms with Crippen LogP contribution in [-0.4, -0.2) is 36.3 Å². The van der Waals surface area contributed by atoms with Gasteiger partial charge in [0.2, 0.25) is 12.3 Å². The van der Waals surface area contributed by atoms with Gasteiger partial charge in [0.1, 0.15) is 0 Å². The van der Waals surface area contributed by atoms with Crippen molar-refractivity contribution in [3.63, 3.8) is 0 Å². The Kier molecular flexibility index (Phi) is 3.73. The minimum absolute atomic E-state index is 0.00403. The number of amides is 2. The molecule has 74 valence electrons. The van der Waals surface area contributed by atoms with Gasteiger partial charge in [-0.2, -0.15) is 0 Å². The highest BCUT2D eigenvalue weighted by molar-refractivity contribution is 5.72. The maximum Gasteiger partial charge on any atom is 0.216 e. The Hall–Kier alpha value is -1.06. The van der Waals surface area contributed by atoms with Crippen LogP contribution in [0.25, 0.3) is 0 Å². The quantitative estimate of drug-likeness (QED) is 0.631. The highest BCUT2D eigenvalue weighted by atomic mass is 16.1. The van der Waals surface area contributed by atoms with Crippen LogP contribution in [0.1, 0.15) is 26.2 Å². The smallest absolute Gasteiger partial charge is 0.216 e. The number of carbonyl (C=O) groups is 2. The van der Waals surface area contributed by atoms with Crippen molar-refractivity contribution in [2.24, 2.45) is 0 Å². The SMILES string of the molecule is CC(=O)NCCC1CCCN1C=O. The fraction of sp³-hybridized carbons (Fsp3) is 0.778. The second kappa shape index (κ2) is 4.84. The van der Waals surface area contributed by atoms with Gasteiger partial charge in [0.25, 0.3) is 0 Å². The fourth-order valence-electron chi connectivity index (χ4n) is 1.72. The molecule has 1 fully saturated rings. The largest absolute Gasteiger partial charge is 0.356 e. The summed E-state index contributed by atoms with van der Waals surface area (Å²) in [6.45, 7) is 3.05. The molecule has 0 bridgehead atoms. The molecule has 1 unspecified atom stereocenters.